The van der Waals surface area contributed by atoms with Crippen molar-refractivity contribution in [1.82, 2.24) is 24.9 Å². The second-order valence-electron chi connectivity index (χ2n) is 8.62. The van der Waals surface area contributed by atoms with E-state index >= 15 is 0 Å². The molecule has 3 aliphatic rings. The van der Waals surface area contributed by atoms with Gasteiger partial charge in [-0.2, -0.15) is 5.10 Å². The summed E-state index contributed by atoms with van der Waals surface area (Å²) in [4.78, 5) is 28.9. The largest absolute Gasteiger partial charge is 0.481 e. The smallest absolute Gasteiger partial charge is 0.306 e. The Kier molecular flexibility index (Phi) is 5.83. The minimum absolute atomic E-state index is 0.0765. The molecule has 10 nitrogen and oxygen atoms in total. The summed E-state index contributed by atoms with van der Waals surface area (Å²) in [6, 6.07) is 0.0146. The zero-order valence-corrected chi connectivity index (χ0v) is 17.2. The van der Waals surface area contributed by atoms with Gasteiger partial charge in [-0.1, -0.05) is 0 Å². The molecule has 1 amide bonds. The van der Waals surface area contributed by atoms with E-state index in [1.54, 1.807) is 0 Å². The van der Waals surface area contributed by atoms with Gasteiger partial charge in [-0.15, -0.1) is 0 Å². The molecule has 3 aliphatic heterocycles. The molecule has 3 atom stereocenters. The molecule has 0 aliphatic carbocycles. The zero-order valence-electron chi connectivity index (χ0n) is 17.2. The lowest BCUT2D eigenvalue weighted by Gasteiger charge is -2.45. The number of likely N-dealkylation sites (tertiary alicyclic amines) is 2. The molecule has 0 spiro atoms. The van der Waals surface area contributed by atoms with Crippen molar-refractivity contribution in [3.63, 3.8) is 0 Å². The average molecular weight is 423 g/mol. The van der Waals surface area contributed by atoms with Crippen molar-refractivity contribution >= 4 is 23.5 Å². The summed E-state index contributed by atoms with van der Waals surface area (Å²) in [6.45, 7) is 3.23. The van der Waals surface area contributed by atoms with Gasteiger partial charge in [0.05, 0.1) is 18.5 Å². The van der Waals surface area contributed by atoms with E-state index in [4.69, 9.17) is 5.73 Å². The van der Waals surface area contributed by atoms with Gasteiger partial charge in [-0.25, -0.2) is 9.07 Å². The summed E-state index contributed by atoms with van der Waals surface area (Å²) in [5, 5.41) is 19.4. The number of hydrogen-bond donors (Lipinski definition) is 4. The van der Waals surface area contributed by atoms with Crippen molar-refractivity contribution in [2.24, 2.45) is 5.92 Å². The van der Waals surface area contributed by atoms with Crippen LogP contribution < -0.4 is 16.4 Å². The second-order valence-corrected chi connectivity index (χ2v) is 8.62. The third kappa shape index (κ3) is 4.08. The standard InChI is InChI=1S/C19H30FN7O3/c1-25-5-4-14(26-6-2-11(3-7-26)19(29)30)13(10-25)23-18(28)15-16(21)24-27-9-12(20)8-22-17(15)27/h11-14,22H,2-10H2,1H3,(H2,21,24)(H,23,28)(H,29,30). The third-order valence-electron chi connectivity index (χ3n) is 6.51. The number of nitrogens with two attached hydrogens (primary N) is 1. The summed E-state index contributed by atoms with van der Waals surface area (Å²) < 4.78 is 15.1. The number of aliphatic carboxylic acids is 1. The number of amides is 1. The van der Waals surface area contributed by atoms with Crippen LogP contribution >= 0.6 is 0 Å². The number of nitrogen functional groups attached to an aromatic ring is 1. The molecule has 0 aromatic carbocycles. The van der Waals surface area contributed by atoms with E-state index in [0.29, 0.717) is 38.3 Å². The van der Waals surface area contributed by atoms with Crippen molar-refractivity contribution in [2.45, 2.75) is 44.1 Å². The fraction of sp³-hybridized carbons (Fsp3) is 0.737. The summed E-state index contributed by atoms with van der Waals surface area (Å²) in [5.41, 5.74) is 6.25. The summed E-state index contributed by atoms with van der Waals surface area (Å²) >= 11 is 0. The lowest BCUT2D eigenvalue weighted by atomic mass is 9.91. The number of fused-ring (bicyclic) bond motifs is 1. The average Bonchev–Trinajstić information content (AvgIpc) is 3.03. The number of likely N-dealkylation sites (N-methyl/N-ethyl adjacent to an activating group) is 1. The van der Waals surface area contributed by atoms with E-state index in [0.717, 1.165) is 13.0 Å². The number of aromatic nitrogens is 2. The van der Waals surface area contributed by atoms with Gasteiger partial charge in [0.1, 0.15) is 17.6 Å². The SMILES string of the molecule is CN1CCC(N2CCC(C(=O)O)CC2)C(NC(=O)c2c(N)nn3c2NCC(F)C3)C1. The molecule has 166 valence electrons. The van der Waals surface area contributed by atoms with E-state index < -0.39 is 12.1 Å². The van der Waals surface area contributed by atoms with Gasteiger partial charge in [-0.3, -0.25) is 14.5 Å². The molecule has 1 aromatic heterocycles. The van der Waals surface area contributed by atoms with Gasteiger partial charge in [0.2, 0.25) is 0 Å². The second kappa shape index (κ2) is 8.38. The highest BCUT2D eigenvalue weighted by Crippen LogP contribution is 2.28. The number of rotatable bonds is 4. The van der Waals surface area contributed by atoms with Gasteiger partial charge in [0.15, 0.2) is 5.82 Å². The Labute approximate surface area is 174 Å². The molecule has 3 unspecified atom stereocenters. The number of piperidine rings is 2. The number of alkyl halides is 1. The fourth-order valence-electron chi connectivity index (χ4n) is 4.88. The predicted octanol–water partition coefficient (Wildman–Crippen LogP) is -0.172. The van der Waals surface area contributed by atoms with E-state index in [-0.39, 0.29) is 48.4 Å². The molecule has 4 heterocycles. The Morgan fingerprint density at radius 1 is 1.23 bits per heavy atom. The Balaban J connectivity index is 1.48. The van der Waals surface area contributed by atoms with Gasteiger partial charge in [0, 0.05) is 19.1 Å². The number of hydrogen-bond acceptors (Lipinski definition) is 7. The Bertz CT molecular complexity index is 808. The first-order valence-corrected chi connectivity index (χ1v) is 10.5. The fourth-order valence-corrected chi connectivity index (χ4v) is 4.88. The first kappa shape index (κ1) is 20.9. The highest BCUT2D eigenvalue weighted by Gasteiger charge is 2.37. The van der Waals surface area contributed by atoms with Crippen LogP contribution in [0.25, 0.3) is 0 Å². The maximum Gasteiger partial charge on any atom is 0.306 e. The van der Waals surface area contributed by atoms with Gasteiger partial charge >= 0.3 is 5.97 Å². The van der Waals surface area contributed by atoms with Crippen molar-refractivity contribution in [2.75, 3.05) is 50.8 Å². The van der Waals surface area contributed by atoms with Gasteiger partial charge in [0.25, 0.3) is 5.91 Å². The van der Waals surface area contributed by atoms with Crippen LogP contribution in [0.5, 0.6) is 0 Å². The lowest BCUT2D eigenvalue weighted by Crippen LogP contribution is -2.61. The van der Waals surface area contributed by atoms with E-state index in [2.05, 4.69) is 25.5 Å². The van der Waals surface area contributed by atoms with Crippen LogP contribution in [0.1, 0.15) is 29.6 Å². The van der Waals surface area contributed by atoms with E-state index in [9.17, 15) is 19.1 Å². The van der Waals surface area contributed by atoms with Crippen molar-refractivity contribution in [1.29, 1.82) is 0 Å². The van der Waals surface area contributed by atoms with Crippen LogP contribution in [0.2, 0.25) is 0 Å². The number of nitrogens with zero attached hydrogens (tertiary/aromatic N) is 4. The first-order chi connectivity index (χ1) is 14.3. The minimum atomic E-state index is -1.07. The molecule has 4 rings (SSSR count). The van der Waals surface area contributed by atoms with Crippen molar-refractivity contribution in [3.8, 4) is 0 Å². The first-order valence-electron chi connectivity index (χ1n) is 10.5. The predicted molar refractivity (Wildman–Crippen MR) is 109 cm³/mol. The molecular weight excluding hydrogens is 393 g/mol. The normalized spacial score (nSPS) is 28.5. The van der Waals surface area contributed by atoms with E-state index in [1.165, 1.54) is 4.68 Å². The Morgan fingerprint density at radius 3 is 2.67 bits per heavy atom. The number of carboxylic acids is 1. The molecule has 5 N–H and O–H groups in total. The molecule has 0 saturated carbocycles. The van der Waals surface area contributed by atoms with Crippen LogP contribution in [-0.2, 0) is 11.3 Å². The number of halogens is 1. The lowest BCUT2D eigenvalue weighted by molar-refractivity contribution is -0.143. The van der Waals surface area contributed by atoms with Crippen molar-refractivity contribution < 1.29 is 19.1 Å². The summed E-state index contributed by atoms with van der Waals surface area (Å²) in [7, 11) is 2.02. The van der Waals surface area contributed by atoms with Gasteiger partial charge in [-0.05, 0) is 45.9 Å². The maximum atomic E-state index is 13.6. The highest BCUT2D eigenvalue weighted by atomic mass is 19.1. The Morgan fingerprint density at radius 2 is 1.97 bits per heavy atom. The Hall–Kier alpha value is -2.40. The van der Waals surface area contributed by atoms with Crippen molar-refractivity contribution in [3.05, 3.63) is 5.56 Å². The van der Waals surface area contributed by atoms with E-state index in [1.807, 2.05) is 7.05 Å². The highest BCUT2D eigenvalue weighted by molar-refractivity contribution is 6.03. The monoisotopic (exact) mass is 423 g/mol. The topological polar surface area (TPSA) is 129 Å². The molecule has 11 heteroatoms. The molecule has 0 bridgehead atoms. The summed E-state index contributed by atoms with van der Waals surface area (Å²) in [6.07, 6.45) is 1.07. The number of anilines is 2. The minimum Gasteiger partial charge on any atom is -0.481 e. The third-order valence-corrected chi connectivity index (χ3v) is 6.51. The molecule has 2 saturated heterocycles. The quantitative estimate of drug-likeness (QED) is 0.525. The number of nitrogens with one attached hydrogen (secondary N) is 2. The molecule has 2 fully saturated rings. The maximum absolute atomic E-state index is 13.6. The number of carbonyl (C=O) groups is 2. The van der Waals surface area contributed by atoms with Crippen LogP contribution in [0.15, 0.2) is 0 Å². The van der Waals surface area contributed by atoms with Crippen LogP contribution in [-0.4, -0.2) is 94.6 Å². The molecule has 30 heavy (non-hydrogen) atoms. The summed E-state index contributed by atoms with van der Waals surface area (Å²) in [5.74, 6) is -0.782. The van der Waals surface area contributed by atoms with Gasteiger partial charge < -0.3 is 26.4 Å². The number of carboxylic acid groups (broad SMARTS) is 1. The molecular formula is C19H30FN7O3. The van der Waals surface area contributed by atoms with Crippen LogP contribution in [0.4, 0.5) is 16.0 Å². The zero-order chi connectivity index (χ0) is 21.4. The van der Waals surface area contributed by atoms with Crippen LogP contribution in [0.3, 0.4) is 0 Å². The molecule has 1 aromatic rings. The van der Waals surface area contributed by atoms with Crippen LogP contribution in [0, 0.1) is 5.92 Å². The molecule has 0 radical (unpaired) electrons. The number of carbonyl (C=O) groups excluding carboxylic acids is 1.